The highest BCUT2D eigenvalue weighted by atomic mass is 19.1. The molecule has 1 heterocycles. The molecule has 1 aromatic carbocycles. The van der Waals surface area contributed by atoms with Crippen LogP contribution in [0.25, 0.3) is 0 Å². The molecule has 1 saturated heterocycles. The Labute approximate surface area is 143 Å². The van der Waals surface area contributed by atoms with Crippen molar-refractivity contribution in [3.8, 4) is 0 Å². The quantitative estimate of drug-likeness (QED) is 0.921. The molecule has 2 fully saturated rings. The van der Waals surface area contributed by atoms with Gasteiger partial charge in [-0.25, -0.2) is 4.39 Å². The van der Waals surface area contributed by atoms with Crippen LogP contribution in [0.5, 0.6) is 0 Å². The first kappa shape index (κ1) is 17.4. The van der Waals surface area contributed by atoms with Gasteiger partial charge in [0, 0.05) is 32.2 Å². The number of nitrogens with zero attached hydrogens (tertiary/aromatic N) is 2. The van der Waals surface area contributed by atoms with E-state index in [4.69, 9.17) is 0 Å². The van der Waals surface area contributed by atoms with Crippen LogP contribution in [0.1, 0.15) is 50.2 Å². The first-order valence-corrected chi connectivity index (χ1v) is 9.09. The second kappa shape index (κ2) is 8.08. The van der Waals surface area contributed by atoms with Gasteiger partial charge in [0.2, 0.25) is 5.91 Å². The van der Waals surface area contributed by atoms with Gasteiger partial charge in [-0.3, -0.25) is 9.69 Å². The Morgan fingerprint density at radius 2 is 1.88 bits per heavy atom. The van der Waals surface area contributed by atoms with Gasteiger partial charge in [-0.05, 0) is 30.5 Å². The fourth-order valence-corrected chi connectivity index (χ4v) is 3.91. The minimum absolute atomic E-state index is 0.0207. The van der Waals surface area contributed by atoms with E-state index in [1.165, 1.54) is 44.2 Å². The first-order valence-electron chi connectivity index (χ1n) is 9.09. The maximum atomic E-state index is 13.2. The lowest BCUT2D eigenvalue weighted by molar-refractivity contribution is -0.135. The second-order valence-electron chi connectivity index (χ2n) is 6.98. The average Bonchev–Trinajstić information content (AvgIpc) is 2.62. The highest BCUT2D eigenvalue weighted by Crippen LogP contribution is 2.24. The molecule has 1 atom stereocenters. The van der Waals surface area contributed by atoms with Gasteiger partial charge in [-0.2, -0.15) is 0 Å². The molecule has 1 unspecified atom stereocenters. The number of amides is 1. The van der Waals surface area contributed by atoms with E-state index in [1.54, 1.807) is 12.1 Å². The van der Waals surface area contributed by atoms with Crippen molar-refractivity contribution in [2.75, 3.05) is 26.2 Å². The molecule has 1 aliphatic carbocycles. The minimum atomic E-state index is -0.940. The summed E-state index contributed by atoms with van der Waals surface area (Å²) < 4.78 is 13.2. The molecule has 3 rings (SSSR count). The highest BCUT2D eigenvalue weighted by molar-refractivity contribution is 5.77. The molecule has 1 amide bonds. The summed E-state index contributed by atoms with van der Waals surface area (Å²) in [4.78, 5) is 16.8. The zero-order valence-corrected chi connectivity index (χ0v) is 14.2. The van der Waals surface area contributed by atoms with Crippen molar-refractivity contribution in [1.82, 2.24) is 9.80 Å². The molecule has 1 N–H and O–H groups in total. The average molecular weight is 334 g/mol. The molecule has 132 valence electrons. The van der Waals surface area contributed by atoms with E-state index in [1.807, 2.05) is 4.90 Å². The Morgan fingerprint density at radius 3 is 2.54 bits per heavy atom. The van der Waals surface area contributed by atoms with Crippen LogP contribution in [0, 0.1) is 5.82 Å². The molecule has 1 aromatic rings. The zero-order valence-electron chi connectivity index (χ0n) is 14.2. The summed E-state index contributed by atoms with van der Waals surface area (Å²) in [5, 5.41) is 10.2. The standard InChI is InChI=1S/C19H27FN2O2/c20-16-6-4-5-15(13-16)18(23)14-19(24)22-11-9-21(10-12-22)17-7-2-1-3-8-17/h4-6,13,17-18,23H,1-3,7-12,14H2. The summed E-state index contributed by atoms with van der Waals surface area (Å²) in [6, 6.07) is 6.53. The van der Waals surface area contributed by atoms with Gasteiger partial charge in [-0.1, -0.05) is 31.4 Å². The topological polar surface area (TPSA) is 43.8 Å². The Kier molecular flexibility index (Phi) is 5.85. The van der Waals surface area contributed by atoms with Crippen molar-refractivity contribution < 1.29 is 14.3 Å². The number of halogens is 1. The first-order chi connectivity index (χ1) is 11.6. The van der Waals surface area contributed by atoms with Crippen LogP contribution in [0.4, 0.5) is 4.39 Å². The summed E-state index contributed by atoms with van der Waals surface area (Å²) in [5.41, 5.74) is 0.462. The molecule has 24 heavy (non-hydrogen) atoms. The van der Waals surface area contributed by atoms with Crippen molar-refractivity contribution in [3.63, 3.8) is 0 Å². The number of rotatable bonds is 4. The number of aliphatic hydroxyl groups is 1. The van der Waals surface area contributed by atoms with E-state index < -0.39 is 6.10 Å². The Bertz CT molecular complexity index is 552. The SMILES string of the molecule is O=C(CC(O)c1cccc(F)c1)N1CCN(C2CCCCC2)CC1. The fourth-order valence-electron chi connectivity index (χ4n) is 3.91. The predicted molar refractivity (Wildman–Crippen MR) is 91.0 cm³/mol. The number of carbonyl (C=O) groups is 1. The van der Waals surface area contributed by atoms with Crippen LogP contribution in [0.15, 0.2) is 24.3 Å². The molecule has 0 bridgehead atoms. The number of carbonyl (C=O) groups excluding carboxylic acids is 1. The van der Waals surface area contributed by atoms with Crippen LogP contribution in [0.3, 0.4) is 0 Å². The third kappa shape index (κ3) is 4.33. The molecule has 2 aliphatic rings. The van der Waals surface area contributed by atoms with Crippen LogP contribution in [0.2, 0.25) is 0 Å². The molecular formula is C19H27FN2O2. The summed E-state index contributed by atoms with van der Waals surface area (Å²) in [5.74, 6) is -0.435. The van der Waals surface area contributed by atoms with Gasteiger partial charge in [0.05, 0.1) is 12.5 Å². The second-order valence-corrected chi connectivity index (χ2v) is 6.98. The van der Waals surface area contributed by atoms with E-state index in [-0.39, 0.29) is 18.1 Å². The van der Waals surface area contributed by atoms with E-state index in [0.717, 1.165) is 26.2 Å². The van der Waals surface area contributed by atoms with Gasteiger partial charge in [-0.15, -0.1) is 0 Å². The van der Waals surface area contributed by atoms with Gasteiger partial charge < -0.3 is 10.0 Å². The number of hydrogen-bond donors (Lipinski definition) is 1. The maximum Gasteiger partial charge on any atom is 0.225 e. The third-order valence-corrected chi connectivity index (χ3v) is 5.36. The zero-order chi connectivity index (χ0) is 16.9. The largest absolute Gasteiger partial charge is 0.388 e. The van der Waals surface area contributed by atoms with E-state index >= 15 is 0 Å². The number of hydrogen-bond acceptors (Lipinski definition) is 3. The van der Waals surface area contributed by atoms with Gasteiger partial charge in [0.1, 0.15) is 5.82 Å². The van der Waals surface area contributed by atoms with E-state index in [9.17, 15) is 14.3 Å². The van der Waals surface area contributed by atoms with Crippen LogP contribution in [-0.4, -0.2) is 53.0 Å². The fraction of sp³-hybridized carbons (Fsp3) is 0.632. The molecule has 4 nitrogen and oxygen atoms in total. The van der Waals surface area contributed by atoms with Crippen molar-refractivity contribution in [2.24, 2.45) is 0 Å². The summed E-state index contributed by atoms with van der Waals surface area (Å²) in [6.45, 7) is 3.30. The smallest absolute Gasteiger partial charge is 0.225 e. The van der Waals surface area contributed by atoms with Crippen molar-refractivity contribution in [3.05, 3.63) is 35.6 Å². The minimum Gasteiger partial charge on any atom is -0.388 e. The molecule has 0 spiro atoms. The number of benzene rings is 1. The third-order valence-electron chi connectivity index (χ3n) is 5.36. The normalized spacial score (nSPS) is 21.7. The molecule has 5 heteroatoms. The Hall–Kier alpha value is -1.46. The summed E-state index contributed by atoms with van der Waals surface area (Å²) in [6.07, 6.45) is 5.65. The Morgan fingerprint density at radius 1 is 1.17 bits per heavy atom. The molecule has 1 saturated carbocycles. The number of piperazine rings is 1. The molecule has 1 aliphatic heterocycles. The van der Waals surface area contributed by atoms with Crippen LogP contribution >= 0.6 is 0 Å². The van der Waals surface area contributed by atoms with Crippen LogP contribution in [-0.2, 0) is 4.79 Å². The maximum absolute atomic E-state index is 13.2. The molecule has 0 aromatic heterocycles. The van der Waals surface area contributed by atoms with Crippen molar-refractivity contribution >= 4 is 5.91 Å². The lowest BCUT2D eigenvalue weighted by Crippen LogP contribution is -2.52. The van der Waals surface area contributed by atoms with Gasteiger partial charge in [0.15, 0.2) is 0 Å². The summed E-state index contributed by atoms with van der Waals surface area (Å²) >= 11 is 0. The summed E-state index contributed by atoms with van der Waals surface area (Å²) in [7, 11) is 0. The number of aliphatic hydroxyl groups excluding tert-OH is 1. The van der Waals surface area contributed by atoms with E-state index in [2.05, 4.69) is 4.90 Å². The monoisotopic (exact) mass is 334 g/mol. The Balaban J connectivity index is 1.48. The lowest BCUT2D eigenvalue weighted by atomic mass is 9.94. The van der Waals surface area contributed by atoms with E-state index in [0.29, 0.717) is 11.6 Å². The predicted octanol–water partition coefficient (Wildman–Crippen LogP) is 2.73. The van der Waals surface area contributed by atoms with Gasteiger partial charge >= 0.3 is 0 Å². The molecule has 0 radical (unpaired) electrons. The lowest BCUT2D eigenvalue weighted by Gasteiger charge is -2.41. The highest BCUT2D eigenvalue weighted by Gasteiger charge is 2.27. The molecular weight excluding hydrogens is 307 g/mol. The van der Waals surface area contributed by atoms with Crippen molar-refractivity contribution in [2.45, 2.75) is 50.7 Å². The van der Waals surface area contributed by atoms with Crippen LogP contribution < -0.4 is 0 Å². The van der Waals surface area contributed by atoms with Gasteiger partial charge in [0.25, 0.3) is 0 Å². The van der Waals surface area contributed by atoms with Crippen molar-refractivity contribution in [1.29, 1.82) is 0 Å².